The number of nitrogens with zero attached hydrogens (tertiary/aromatic N) is 4. The van der Waals surface area contributed by atoms with Crippen LogP contribution in [0.4, 0.5) is 16.0 Å². The molecule has 1 aliphatic carbocycles. The fourth-order valence-corrected chi connectivity index (χ4v) is 5.53. The Morgan fingerprint density at radius 1 is 1.15 bits per heavy atom. The molecule has 5 rings (SSSR count). The zero-order chi connectivity index (χ0) is 24.4. The second-order valence-electron chi connectivity index (χ2n) is 9.44. The van der Waals surface area contributed by atoms with E-state index in [0.717, 1.165) is 5.56 Å². The summed E-state index contributed by atoms with van der Waals surface area (Å²) < 4.78 is 16.6. The topological polar surface area (TPSA) is 136 Å². The van der Waals surface area contributed by atoms with Crippen LogP contribution in [0, 0.1) is 17.2 Å². The first-order valence-electron chi connectivity index (χ1n) is 11.1. The van der Waals surface area contributed by atoms with E-state index in [1.807, 2.05) is 30.7 Å². The molecule has 1 fully saturated rings. The maximum Gasteiger partial charge on any atom is 0.145 e. The standard InChI is InChI=1S/C24H26ClFN6O2/c1-11-18(32-6-4-13-21(27)29-10-30-23(13)32)19(33)20(34)24(11,2)5-3-12-7-16(26)14-9-15(25)22(28)31-17(14)8-12/h4,6-11,18-20,33-34H,3,5H2,1-2H3,(H2,28,31)(H2,27,29,30)/t11-,18-,19+,20+,24+/m1/s1. The van der Waals surface area contributed by atoms with E-state index in [2.05, 4.69) is 15.0 Å². The summed E-state index contributed by atoms with van der Waals surface area (Å²) in [6, 6.07) is 6.12. The number of halogens is 2. The monoisotopic (exact) mass is 484 g/mol. The molecule has 1 saturated carbocycles. The van der Waals surface area contributed by atoms with E-state index in [1.54, 1.807) is 6.07 Å². The minimum atomic E-state index is -1.01. The van der Waals surface area contributed by atoms with E-state index in [-0.39, 0.29) is 16.8 Å². The van der Waals surface area contributed by atoms with Gasteiger partial charge in [0.25, 0.3) is 0 Å². The molecule has 10 heteroatoms. The molecule has 0 saturated heterocycles. The van der Waals surface area contributed by atoms with Gasteiger partial charge in [0.2, 0.25) is 0 Å². The predicted molar refractivity (Wildman–Crippen MR) is 130 cm³/mol. The van der Waals surface area contributed by atoms with Gasteiger partial charge >= 0.3 is 0 Å². The maximum atomic E-state index is 14.7. The first-order valence-corrected chi connectivity index (χ1v) is 11.5. The van der Waals surface area contributed by atoms with Crippen molar-refractivity contribution >= 4 is 45.2 Å². The lowest BCUT2D eigenvalue weighted by Crippen LogP contribution is -2.36. The third-order valence-corrected chi connectivity index (χ3v) is 7.94. The van der Waals surface area contributed by atoms with Gasteiger partial charge in [-0.2, -0.15) is 0 Å². The molecule has 3 aromatic heterocycles. The number of anilines is 2. The van der Waals surface area contributed by atoms with Crippen molar-refractivity contribution in [2.45, 2.75) is 44.9 Å². The first kappa shape index (κ1) is 22.8. The number of hydrogen-bond acceptors (Lipinski definition) is 7. The molecule has 1 aromatic carbocycles. The number of aryl methyl sites for hydroxylation is 1. The first-order chi connectivity index (χ1) is 16.1. The van der Waals surface area contributed by atoms with Crippen LogP contribution in [-0.4, -0.2) is 41.9 Å². The van der Waals surface area contributed by atoms with Crippen molar-refractivity contribution in [1.29, 1.82) is 0 Å². The van der Waals surface area contributed by atoms with Crippen LogP contribution in [0.5, 0.6) is 0 Å². The number of nitrogen functional groups attached to an aromatic ring is 2. The van der Waals surface area contributed by atoms with Crippen LogP contribution < -0.4 is 11.5 Å². The van der Waals surface area contributed by atoms with E-state index in [4.69, 9.17) is 23.1 Å². The summed E-state index contributed by atoms with van der Waals surface area (Å²) in [7, 11) is 0. The third-order valence-electron chi connectivity index (χ3n) is 7.64. The van der Waals surface area contributed by atoms with Gasteiger partial charge in [-0.3, -0.25) is 0 Å². The summed E-state index contributed by atoms with van der Waals surface area (Å²) in [5, 5.41) is 23.4. The minimum absolute atomic E-state index is 0.123. The number of pyridine rings is 1. The summed E-state index contributed by atoms with van der Waals surface area (Å²) >= 11 is 5.99. The Morgan fingerprint density at radius 2 is 1.91 bits per heavy atom. The number of nitrogens with two attached hydrogens (primary N) is 2. The lowest BCUT2D eigenvalue weighted by molar-refractivity contribution is -0.0280. The molecule has 3 heterocycles. The van der Waals surface area contributed by atoms with Gasteiger partial charge in [-0.25, -0.2) is 19.3 Å². The Hall–Kier alpha value is -3.01. The van der Waals surface area contributed by atoms with Gasteiger partial charge in [0.15, 0.2) is 0 Å². The van der Waals surface area contributed by atoms with Crippen LogP contribution in [0.3, 0.4) is 0 Å². The largest absolute Gasteiger partial charge is 0.390 e. The molecule has 0 unspecified atom stereocenters. The molecule has 5 atom stereocenters. The van der Waals surface area contributed by atoms with Crippen LogP contribution in [0.1, 0.15) is 31.9 Å². The van der Waals surface area contributed by atoms with Gasteiger partial charge in [-0.05, 0) is 48.6 Å². The molecule has 178 valence electrons. The molecular weight excluding hydrogens is 459 g/mol. The van der Waals surface area contributed by atoms with Crippen LogP contribution in [0.15, 0.2) is 36.8 Å². The number of aliphatic hydroxyl groups is 2. The predicted octanol–water partition coefficient (Wildman–Crippen LogP) is 3.49. The van der Waals surface area contributed by atoms with Gasteiger partial charge in [0.05, 0.1) is 28.1 Å². The highest BCUT2D eigenvalue weighted by Crippen LogP contribution is 2.52. The van der Waals surface area contributed by atoms with E-state index in [0.29, 0.717) is 40.6 Å². The molecule has 4 aromatic rings. The van der Waals surface area contributed by atoms with Gasteiger partial charge in [0, 0.05) is 17.0 Å². The van der Waals surface area contributed by atoms with Crippen molar-refractivity contribution in [3.8, 4) is 0 Å². The number of aliphatic hydroxyl groups excluding tert-OH is 2. The molecule has 1 aliphatic rings. The number of rotatable bonds is 4. The van der Waals surface area contributed by atoms with Crippen molar-refractivity contribution in [2.24, 2.45) is 11.3 Å². The minimum Gasteiger partial charge on any atom is -0.390 e. The average Bonchev–Trinajstić information content (AvgIpc) is 3.29. The molecule has 0 spiro atoms. The lowest BCUT2D eigenvalue weighted by atomic mass is 9.74. The molecule has 0 radical (unpaired) electrons. The molecular formula is C24H26ClFN6O2. The average molecular weight is 485 g/mol. The van der Waals surface area contributed by atoms with Crippen molar-refractivity contribution < 1.29 is 14.6 Å². The van der Waals surface area contributed by atoms with E-state index >= 15 is 0 Å². The number of benzene rings is 1. The second kappa shape index (κ2) is 8.04. The molecule has 8 nitrogen and oxygen atoms in total. The van der Waals surface area contributed by atoms with Crippen LogP contribution in [0.2, 0.25) is 5.02 Å². The number of hydrogen-bond donors (Lipinski definition) is 4. The summed E-state index contributed by atoms with van der Waals surface area (Å²) in [5.41, 5.74) is 12.9. The van der Waals surface area contributed by atoms with Crippen LogP contribution >= 0.6 is 11.6 Å². The van der Waals surface area contributed by atoms with Gasteiger partial charge in [-0.15, -0.1) is 0 Å². The van der Waals surface area contributed by atoms with Gasteiger partial charge in [0.1, 0.15) is 35.5 Å². The van der Waals surface area contributed by atoms with E-state index < -0.39 is 29.5 Å². The maximum absolute atomic E-state index is 14.7. The highest BCUT2D eigenvalue weighted by Gasteiger charge is 2.55. The van der Waals surface area contributed by atoms with Gasteiger partial charge < -0.3 is 26.2 Å². The van der Waals surface area contributed by atoms with Crippen LogP contribution in [0.25, 0.3) is 21.9 Å². The second-order valence-corrected chi connectivity index (χ2v) is 9.85. The zero-order valence-electron chi connectivity index (χ0n) is 18.8. The summed E-state index contributed by atoms with van der Waals surface area (Å²) in [6.45, 7) is 3.96. The third kappa shape index (κ3) is 3.38. The molecule has 0 amide bonds. The Morgan fingerprint density at radius 3 is 2.68 bits per heavy atom. The molecule has 0 aliphatic heterocycles. The fraction of sp³-hybridized carbons (Fsp3) is 0.375. The number of aromatic nitrogens is 4. The fourth-order valence-electron chi connectivity index (χ4n) is 5.38. The Labute approximate surface area is 200 Å². The van der Waals surface area contributed by atoms with Crippen molar-refractivity contribution in [3.63, 3.8) is 0 Å². The molecule has 6 N–H and O–H groups in total. The molecule has 0 bridgehead atoms. The van der Waals surface area contributed by atoms with Crippen molar-refractivity contribution in [3.05, 3.63) is 53.2 Å². The van der Waals surface area contributed by atoms with E-state index in [1.165, 1.54) is 18.5 Å². The van der Waals surface area contributed by atoms with Gasteiger partial charge in [-0.1, -0.05) is 25.4 Å². The Balaban J connectivity index is 1.45. The highest BCUT2D eigenvalue weighted by atomic mass is 35.5. The SMILES string of the molecule is C[C@@H]1[C@@H](n2ccc3c(N)ncnc32)[C@H](O)[C@H](O)[C@@]1(C)CCc1cc(F)c2cc(Cl)c(N)nc2c1. The highest BCUT2D eigenvalue weighted by molar-refractivity contribution is 6.33. The lowest BCUT2D eigenvalue weighted by Gasteiger charge is -2.34. The van der Waals surface area contributed by atoms with Crippen molar-refractivity contribution in [2.75, 3.05) is 11.5 Å². The number of fused-ring (bicyclic) bond motifs is 2. The summed E-state index contributed by atoms with van der Waals surface area (Å²) in [6.07, 6.45) is 2.21. The van der Waals surface area contributed by atoms with Crippen LogP contribution in [-0.2, 0) is 6.42 Å². The molecule has 34 heavy (non-hydrogen) atoms. The quantitative estimate of drug-likeness (QED) is 0.348. The Kier molecular flexibility index (Phi) is 5.38. The Bertz CT molecular complexity index is 1410. The summed E-state index contributed by atoms with van der Waals surface area (Å²) in [5.74, 6) is -0.0452. The zero-order valence-corrected chi connectivity index (χ0v) is 19.5. The smallest absolute Gasteiger partial charge is 0.145 e. The van der Waals surface area contributed by atoms with Crippen molar-refractivity contribution in [1.82, 2.24) is 19.5 Å². The summed E-state index contributed by atoms with van der Waals surface area (Å²) in [4.78, 5) is 12.6. The normalized spacial score (nSPS) is 27.1. The van der Waals surface area contributed by atoms with E-state index in [9.17, 15) is 14.6 Å².